The zero-order valence-corrected chi connectivity index (χ0v) is 13.0. The van der Waals surface area contributed by atoms with E-state index in [1.165, 1.54) is 0 Å². The van der Waals surface area contributed by atoms with E-state index in [-0.39, 0.29) is 35.0 Å². The van der Waals surface area contributed by atoms with Crippen LogP contribution in [0.3, 0.4) is 0 Å². The van der Waals surface area contributed by atoms with Gasteiger partial charge in [0.2, 0.25) is 5.91 Å². The molecule has 106 valence electrons. The van der Waals surface area contributed by atoms with Crippen molar-refractivity contribution in [2.24, 2.45) is 17.3 Å². The highest BCUT2D eigenvalue weighted by molar-refractivity contribution is 5.86. The molecule has 0 spiro atoms. The zero-order chi connectivity index (χ0) is 14.5. The average molecular weight is 255 g/mol. The van der Waals surface area contributed by atoms with Crippen LogP contribution in [0.5, 0.6) is 0 Å². The molecule has 3 heteroatoms. The molecule has 0 radical (unpaired) electrons. The molecule has 0 fully saturated rings. The third kappa shape index (κ3) is 5.19. The smallest absolute Gasteiger partial charge is 0.222 e. The van der Waals surface area contributed by atoms with E-state index in [0.717, 1.165) is 6.42 Å². The number of carbonyl (C=O) groups is 2. The lowest BCUT2D eigenvalue weighted by atomic mass is 9.78. The first kappa shape index (κ1) is 17.1. The van der Waals surface area contributed by atoms with Crippen molar-refractivity contribution in [3.8, 4) is 0 Å². The summed E-state index contributed by atoms with van der Waals surface area (Å²) in [5.41, 5.74) is -0.263. The number of amides is 1. The number of Topliss-reactive ketones (excluding diaryl/α,β-unsaturated/α-hetero) is 1. The van der Waals surface area contributed by atoms with Crippen LogP contribution < -0.4 is 5.32 Å². The van der Waals surface area contributed by atoms with Crippen LogP contribution in [0.15, 0.2) is 0 Å². The quantitative estimate of drug-likeness (QED) is 0.759. The standard InChI is InChI=1S/C15H29NO2/c1-8-15(6,7)13(17)11(4)9-12(5)16-14(18)10(2)3/h10-12H,8-9H2,1-7H3,(H,16,18). The molecule has 1 N–H and O–H groups in total. The van der Waals surface area contributed by atoms with E-state index in [0.29, 0.717) is 6.42 Å². The SMILES string of the molecule is CCC(C)(C)C(=O)C(C)CC(C)NC(=O)C(C)C. The first-order chi connectivity index (χ1) is 8.11. The van der Waals surface area contributed by atoms with Crippen molar-refractivity contribution in [2.75, 3.05) is 0 Å². The van der Waals surface area contributed by atoms with Gasteiger partial charge in [0.05, 0.1) is 0 Å². The van der Waals surface area contributed by atoms with Crippen LogP contribution >= 0.6 is 0 Å². The number of ketones is 1. The molecular weight excluding hydrogens is 226 g/mol. The lowest BCUT2D eigenvalue weighted by Gasteiger charge is -2.27. The number of nitrogens with one attached hydrogen (secondary N) is 1. The molecule has 0 aliphatic carbocycles. The van der Waals surface area contributed by atoms with Gasteiger partial charge in [-0.05, 0) is 19.8 Å². The van der Waals surface area contributed by atoms with Crippen LogP contribution in [-0.4, -0.2) is 17.7 Å². The molecule has 0 heterocycles. The van der Waals surface area contributed by atoms with Crippen LogP contribution in [0.2, 0.25) is 0 Å². The Morgan fingerprint density at radius 2 is 1.61 bits per heavy atom. The first-order valence-corrected chi connectivity index (χ1v) is 6.96. The van der Waals surface area contributed by atoms with Crippen molar-refractivity contribution >= 4 is 11.7 Å². The second-order valence-electron chi connectivity index (χ2n) is 6.30. The Morgan fingerprint density at radius 3 is 2.00 bits per heavy atom. The minimum Gasteiger partial charge on any atom is -0.353 e. The number of rotatable bonds is 7. The van der Waals surface area contributed by atoms with E-state index in [1.54, 1.807) is 0 Å². The van der Waals surface area contributed by atoms with Crippen molar-refractivity contribution in [3.63, 3.8) is 0 Å². The summed E-state index contributed by atoms with van der Waals surface area (Å²) in [5.74, 6) is 0.320. The first-order valence-electron chi connectivity index (χ1n) is 6.96. The van der Waals surface area contributed by atoms with Gasteiger partial charge in [0.1, 0.15) is 5.78 Å². The van der Waals surface area contributed by atoms with Gasteiger partial charge in [-0.25, -0.2) is 0 Å². The molecule has 0 aromatic rings. The van der Waals surface area contributed by atoms with Crippen molar-refractivity contribution in [3.05, 3.63) is 0 Å². The van der Waals surface area contributed by atoms with Crippen molar-refractivity contribution in [2.45, 2.75) is 67.3 Å². The monoisotopic (exact) mass is 255 g/mol. The molecule has 0 saturated carbocycles. The fourth-order valence-corrected chi connectivity index (χ4v) is 1.95. The van der Waals surface area contributed by atoms with Gasteiger partial charge in [-0.1, -0.05) is 41.5 Å². The Kier molecular flexibility index (Phi) is 6.58. The summed E-state index contributed by atoms with van der Waals surface area (Å²) in [6, 6.07) is 0.0477. The summed E-state index contributed by atoms with van der Waals surface area (Å²) < 4.78 is 0. The van der Waals surface area contributed by atoms with Crippen LogP contribution in [0, 0.1) is 17.3 Å². The highest BCUT2D eigenvalue weighted by Crippen LogP contribution is 2.27. The Balaban J connectivity index is 4.36. The maximum Gasteiger partial charge on any atom is 0.222 e. The van der Waals surface area contributed by atoms with E-state index in [1.807, 2.05) is 48.5 Å². The predicted octanol–water partition coefficient (Wildman–Crippen LogP) is 3.18. The largest absolute Gasteiger partial charge is 0.353 e. The Labute approximate surface area is 112 Å². The van der Waals surface area contributed by atoms with E-state index in [4.69, 9.17) is 0 Å². The molecule has 1 amide bonds. The van der Waals surface area contributed by atoms with E-state index in [2.05, 4.69) is 5.32 Å². The van der Waals surface area contributed by atoms with Gasteiger partial charge in [0, 0.05) is 23.3 Å². The molecule has 2 atom stereocenters. The molecule has 0 aromatic heterocycles. The van der Waals surface area contributed by atoms with Crippen molar-refractivity contribution in [1.29, 1.82) is 0 Å². The highest BCUT2D eigenvalue weighted by Gasteiger charge is 2.30. The van der Waals surface area contributed by atoms with Gasteiger partial charge in [-0.3, -0.25) is 9.59 Å². The Hall–Kier alpha value is -0.860. The normalized spacial score (nSPS) is 15.3. The zero-order valence-electron chi connectivity index (χ0n) is 13.0. The Morgan fingerprint density at radius 1 is 1.11 bits per heavy atom. The minimum absolute atomic E-state index is 0.00876. The summed E-state index contributed by atoms with van der Waals surface area (Å²) >= 11 is 0. The summed E-state index contributed by atoms with van der Waals surface area (Å²) in [6.07, 6.45) is 1.56. The third-order valence-electron chi connectivity index (χ3n) is 3.62. The molecule has 0 rings (SSSR count). The van der Waals surface area contributed by atoms with Gasteiger partial charge >= 0.3 is 0 Å². The molecule has 0 aliphatic heterocycles. The minimum atomic E-state index is -0.263. The fraction of sp³-hybridized carbons (Fsp3) is 0.867. The maximum absolute atomic E-state index is 12.2. The summed E-state index contributed by atoms with van der Waals surface area (Å²) in [6.45, 7) is 13.7. The number of hydrogen-bond acceptors (Lipinski definition) is 2. The van der Waals surface area contributed by atoms with Crippen LogP contribution in [0.4, 0.5) is 0 Å². The average Bonchev–Trinajstić information content (AvgIpc) is 2.27. The summed E-state index contributed by atoms with van der Waals surface area (Å²) in [7, 11) is 0. The van der Waals surface area contributed by atoms with Gasteiger partial charge in [-0.2, -0.15) is 0 Å². The van der Waals surface area contributed by atoms with Crippen molar-refractivity contribution in [1.82, 2.24) is 5.32 Å². The molecule has 3 nitrogen and oxygen atoms in total. The molecule has 0 aliphatic rings. The van der Waals surface area contributed by atoms with Crippen molar-refractivity contribution < 1.29 is 9.59 Å². The van der Waals surface area contributed by atoms with Gasteiger partial charge in [0.25, 0.3) is 0 Å². The number of hydrogen-bond donors (Lipinski definition) is 1. The van der Waals surface area contributed by atoms with E-state index in [9.17, 15) is 9.59 Å². The van der Waals surface area contributed by atoms with Crippen LogP contribution in [-0.2, 0) is 9.59 Å². The molecular formula is C15H29NO2. The predicted molar refractivity (Wildman–Crippen MR) is 75.3 cm³/mol. The lowest BCUT2D eigenvalue weighted by molar-refractivity contribution is -0.132. The second kappa shape index (κ2) is 6.91. The fourth-order valence-electron chi connectivity index (χ4n) is 1.95. The molecule has 18 heavy (non-hydrogen) atoms. The molecule has 2 unspecified atom stereocenters. The highest BCUT2D eigenvalue weighted by atomic mass is 16.2. The molecule has 0 saturated heterocycles. The van der Waals surface area contributed by atoms with Crippen LogP contribution in [0.25, 0.3) is 0 Å². The van der Waals surface area contributed by atoms with E-state index < -0.39 is 0 Å². The Bertz CT molecular complexity index is 295. The molecule has 0 bridgehead atoms. The van der Waals surface area contributed by atoms with Gasteiger partial charge < -0.3 is 5.32 Å². The summed E-state index contributed by atoms with van der Waals surface area (Å²) in [4.78, 5) is 23.8. The lowest BCUT2D eigenvalue weighted by Crippen LogP contribution is -2.39. The topological polar surface area (TPSA) is 46.2 Å². The maximum atomic E-state index is 12.2. The van der Waals surface area contributed by atoms with Gasteiger partial charge in [-0.15, -0.1) is 0 Å². The third-order valence-corrected chi connectivity index (χ3v) is 3.62. The summed E-state index contributed by atoms with van der Waals surface area (Å²) in [5, 5.41) is 2.94. The van der Waals surface area contributed by atoms with Gasteiger partial charge in [0.15, 0.2) is 0 Å². The second-order valence-corrected chi connectivity index (χ2v) is 6.30. The van der Waals surface area contributed by atoms with E-state index >= 15 is 0 Å². The number of carbonyl (C=O) groups excluding carboxylic acids is 2. The van der Waals surface area contributed by atoms with Crippen LogP contribution in [0.1, 0.15) is 61.3 Å². The molecule has 0 aromatic carbocycles.